The molecule has 1 amide bonds. The molecule has 3 heteroatoms. The van der Waals surface area contributed by atoms with Crippen LogP contribution < -0.4 is 0 Å². The van der Waals surface area contributed by atoms with Gasteiger partial charge in [0.1, 0.15) is 0 Å². The molecule has 0 aliphatic rings. The fourth-order valence-corrected chi connectivity index (χ4v) is 2.08. The zero-order valence-corrected chi connectivity index (χ0v) is 11.8. The summed E-state index contributed by atoms with van der Waals surface area (Å²) in [7, 11) is 0. The van der Waals surface area contributed by atoms with Crippen LogP contribution in [0.2, 0.25) is 0 Å². The Morgan fingerprint density at radius 3 is 2.56 bits per heavy atom. The van der Waals surface area contributed by atoms with Gasteiger partial charge in [-0.2, -0.15) is 0 Å². The molecule has 0 saturated carbocycles. The van der Waals surface area contributed by atoms with E-state index in [1.165, 1.54) is 5.56 Å². The van der Waals surface area contributed by atoms with Crippen LogP contribution in [-0.2, 0) is 11.2 Å². The van der Waals surface area contributed by atoms with E-state index in [2.05, 4.69) is 12.1 Å². The maximum atomic E-state index is 12.0. The first-order valence-electron chi connectivity index (χ1n) is 6.65. The third kappa shape index (κ3) is 5.54. The third-order valence-corrected chi connectivity index (χ3v) is 3.26. The first-order valence-corrected chi connectivity index (χ1v) is 7.19. The van der Waals surface area contributed by atoms with Crippen molar-refractivity contribution in [2.45, 2.75) is 32.6 Å². The molecular formula is C15H22ClNO. The summed E-state index contributed by atoms with van der Waals surface area (Å²) in [5, 5.41) is 0. The van der Waals surface area contributed by atoms with Crippen molar-refractivity contribution >= 4 is 17.5 Å². The van der Waals surface area contributed by atoms with Crippen LogP contribution in [0.1, 0.15) is 31.7 Å². The summed E-state index contributed by atoms with van der Waals surface area (Å²) in [4.78, 5) is 13.8. The normalized spacial score (nSPS) is 10.3. The Hall–Kier alpha value is -1.02. The van der Waals surface area contributed by atoms with Gasteiger partial charge in [-0.25, -0.2) is 0 Å². The molecule has 0 unspecified atom stereocenters. The third-order valence-electron chi connectivity index (χ3n) is 3.00. The van der Waals surface area contributed by atoms with E-state index in [4.69, 9.17) is 11.6 Å². The van der Waals surface area contributed by atoms with Gasteiger partial charge in [0.15, 0.2) is 0 Å². The summed E-state index contributed by atoms with van der Waals surface area (Å²) < 4.78 is 0. The summed E-state index contributed by atoms with van der Waals surface area (Å²) in [6, 6.07) is 10.3. The van der Waals surface area contributed by atoms with Crippen LogP contribution in [0.3, 0.4) is 0 Å². The first-order chi connectivity index (χ1) is 8.77. The van der Waals surface area contributed by atoms with E-state index in [0.29, 0.717) is 12.3 Å². The van der Waals surface area contributed by atoms with Crippen molar-refractivity contribution in [2.24, 2.45) is 0 Å². The van der Waals surface area contributed by atoms with Gasteiger partial charge in [-0.05, 0) is 31.7 Å². The number of hydrogen-bond acceptors (Lipinski definition) is 1. The lowest BCUT2D eigenvalue weighted by atomic mass is 10.1. The Balaban J connectivity index is 2.27. The van der Waals surface area contributed by atoms with Crippen LogP contribution in [0.5, 0.6) is 0 Å². The average molecular weight is 268 g/mol. The molecule has 0 heterocycles. The van der Waals surface area contributed by atoms with E-state index in [9.17, 15) is 4.79 Å². The zero-order valence-electron chi connectivity index (χ0n) is 11.1. The number of nitrogens with zero attached hydrogens (tertiary/aromatic N) is 1. The quantitative estimate of drug-likeness (QED) is 0.661. The Morgan fingerprint density at radius 1 is 1.22 bits per heavy atom. The van der Waals surface area contributed by atoms with Crippen molar-refractivity contribution in [3.63, 3.8) is 0 Å². The highest BCUT2D eigenvalue weighted by atomic mass is 35.5. The summed E-state index contributed by atoms with van der Waals surface area (Å²) in [5.41, 5.74) is 1.30. The van der Waals surface area contributed by atoms with Crippen molar-refractivity contribution in [1.29, 1.82) is 0 Å². The number of benzene rings is 1. The molecule has 100 valence electrons. The van der Waals surface area contributed by atoms with E-state index in [1.807, 2.05) is 30.0 Å². The Labute approximate surface area is 115 Å². The lowest BCUT2D eigenvalue weighted by molar-refractivity contribution is -0.131. The lowest BCUT2D eigenvalue weighted by Crippen LogP contribution is -2.31. The highest BCUT2D eigenvalue weighted by molar-refractivity contribution is 6.17. The zero-order chi connectivity index (χ0) is 13.2. The molecule has 0 atom stereocenters. The minimum absolute atomic E-state index is 0.249. The molecule has 1 aromatic rings. The van der Waals surface area contributed by atoms with Crippen LogP contribution >= 0.6 is 11.6 Å². The number of carbonyl (C=O) groups is 1. The van der Waals surface area contributed by atoms with E-state index >= 15 is 0 Å². The minimum Gasteiger partial charge on any atom is -0.343 e. The Morgan fingerprint density at radius 2 is 1.94 bits per heavy atom. The maximum absolute atomic E-state index is 12.0. The molecule has 0 N–H and O–H groups in total. The van der Waals surface area contributed by atoms with Gasteiger partial charge in [-0.1, -0.05) is 30.3 Å². The molecule has 0 aliphatic heterocycles. The van der Waals surface area contributed by atoms with E-state index < -0.39 is 0 Å². The van der Waals surface area contributed by atoms with Gasteiger partial charge in [0.2, 0.25) is 5.91 Å². The molecule has 1 aromatic carbocycles. The van der Waals surface area contributed by atoms with Gasteiger partial charge in [0, 0.05) is 25.4 Å². The van der Waals surface area contributed by atoms with Gasteiger partial charge in [-0.15, -0.1) is 11.6 Å². The molecule has 0 aliphatic carbocycles. The molecule has 0 saturated heterocycles. The second-order valence-corrected chi connectivity index (χ2v) is 4.73. The highest BCUT2D eigenvalue weighted by Crippen LogP contribution is 2.06. The molecule has 18 heavy (non-hydrogen) atoms. The molecule has 1 rings (SSSR count). The van der Waals surface area contributed by atoms with Crippen molar-refractivity contribution in [3.8, 4) is 0 Å². The van der Waals surface area contributed by atoms with Crippen molar-refractivity contribution in [2.75, 3.05) is 19.0 Å². The van der Waals surface area contributed by atoms with Gasteiger partial charge < -0.3 is 4.90 Å². The average Bonchev–Trinajstić information content (AvgIpc) is 2.41. The van der Waals surface area contributed by atoms with Crippen LogP contribution in [0, 0.1) is 0 Å². The predicted octanol–water partition coefficient (Wildman–Crippen LogP) is 3.49. The summed E-state index contributed by atoms with van der Waals surface area (Å²) in [5.74, 6) is 0.867. The fourth-order valence-electron chi connectivity index (χ4n) is 1.96. The molecular weight excluding hydrogens is 246 g/mol. The van der Waals surface area contributed by atoms with Crippen LogP contribution in [-0.4, -0.2) is 29.8 Å². The highest BCUT2D eigenvalue weighted by Gasteiger charge is 2.10. The number of rotatable bonds is 8. The summed E-state index contributed by atoms with van der Waals surface area (Å²) in [6.45, 7) is 3.58. The largest absolute Gasteiger partial charge is 0.343 e. The maximum Gasteiger partial charge on any atom is 0.222 e. The topological polar surface area (TPSA) is 20.3 Å². The second-order valence-electron chi connectivity index (χ2n) is 4.36. The van der Waals surface area contributed by atoms with Gasteiger partial charge in [0.05, 0.1) is 0 Å². The van der Waals surface area contributed by atoms with Crippen molar-refractivity contribution in [1.82, 2.24) is 4.90 Å². The van der Waals surface area contributed by atoms with Crippen molar-refractivity contribution in [3.05, 3.63) is 35.9 Å². The predicted molar refractivity (Wildman–Crippen MR) is 77.0 cm³/mol. The number of halogens is 1. The second kappa shape index (κ2) is 8.98. The molecule has 0 aromatic heterocycles. The molecule has 0 fully saturated rings. The van der Waals surface area contributed by atoms with E-state index in [0.717, 1.165) is 32.4 Å². The molecule has 0 spiro atoms. The fraction of sp³-hybridized carbons (Fsp3) is 0.533. The van der Waals surface area contributed by atoms with Crippen LogP contribution in [0.4, 0.5) is 0 Å². The van der Waals surface area contributed by atoms with Gasteiger partial charge >= 0.3 is 0 Å². The minimum atomic E-state index is 0.249. The summed E-state index contributed by atoms with van der Waals surface area (Å²) >= 11 is 5.65. The standard InChI is InChI=1S/C15H22ClNO/c1-2-17(13-7-12-16)15(18)11-6-10-14-8-4-3-5-9-14/h3-5,8-9H,2,6-7,10-13H2,1H3. The summed E-state index contributed by atoms with van der Waals surface area (Å²) in [6.07, 6.45) is 3.39. The molecule has 0 bridgehead atoms. The lowest BCUT2D eigenvalue weighted by Gasteiger charge is -2.20. The smallest absolute Gasteiger partial charge is 0.222 e. The number of alkyl halides is 1. The van der Waals surface area contributed by atoms with Crippen molar-refractivity contribution < 1.29 is 4.79 Å². The van der Waals surface area contributed by atoms with Crippen LogP contribution in [0.15, 0.2) is 30.3 Å². The number of hydrogen-bond donors (Lipinski definition) is 0. The number of carbonyl (C=O) groups excluding carboxylic acids is 1. The molecule has 2 nitrogen and oxygen atoms in total. The number of aryl methyl sites for hydroxylation is 1. The number of amides is 1. The van der Waals surface area contributed by atoms with Gasteiger partial charge in [0.25, 0.3) is 0 Å². The Bertz CT molecular complexity index is 340. The Kier molecular flexibility index (Phi) is 7.51. The monoisotopic (exact) mass is 267 g/mol. The van der Waals surface area contributed by atoms with Gasteiger partial charge in [-0.3, -0.25) is 4.79 Å². The van der Waals surface area contributed by atoms with E-state index in [1.54, 1.807) is 0 Å². The first kappa shape index (κ1) is 15.0. The molecule has 0 radical (unpaired) electrons. The SMILES string of the molecule is CCN(CCCCl)C(=O)CCCc1ccccc1. The van der Waals surface area contributed by atoms with Crippen LogP contribution in [0.25, 0.3) is 0 Å². The van der Waals surface area contributed by atoms with E-state index in [-0.39, 0.29) is 5.91 Å².